The molecule has 1 heterocycles. The van der Waals surface area contributed by atoms with Crippen LogP contribution in [0.1, 0.15) is 11.3 Å². The molecule has 0 atom stereocenters. The van der Waals surface area contributed by atoms with Gasteiger partial charge < -0.3 is 5.32 Å². The summed E-state index contributed by atoms with van der Waals surface area (Å²) in [6, 6.07) is 7.66. The summed E-state index contributed by atoms with van der Waals surface area (Å²) in [5.74, 6) is 0. The van der Waals surface area contributed by atoms with E-state index in [-0.39, 0.29) is 5.56 Å². The van der Waals surface area contributed by atoms with Gasteiger partial charge in [-0.15, -0.1) is 0 Å². The van der Waals surface area contributed by atoms with Crippen LogP contribution in [0.15, 0.2) is 33.5 Å². The van der Waals surface area contributed by atoms with Crippen molar-refractivity contribution in [2.24, 2.45) is 0 Å². The molecule has 0 saturated heterocycles. The molecule has 0 aliphatic rings. The quantitative estimate of drug-likeness (QED) is 0.907. The fourth-order valence-electron chi connectivity index (χ4n) is 1.90. The highest BCUT2D eigenvalue weighted by atomic mass is 79.9. The number of aromatic nitrogens is 2. The van der Waals surface area contributed by atoms with Gasteiger partial charge >= 0.3 is 0 Å². The molecule has 1 aromatic carbocycles. The van der Waals surface area contributed by atoms with Gasteiger partial charge in [-0.3, -0.25) is 9.89 Å². The Bertz CT molecular complexity index is 583. The van der Waals surface area contributed by atoms with Crippen molar-refractivity contribution in [2.45, 2.75) is 13.3 Å². The molecule has 0 radical (unpaired) electrons. The fraction of sp³-hybridized carbons (Fsp3) is 0.308. The number of nitrogens with zero attached hydrogens (tertiary/aromatic N) is 1. The molecule has 96 valence electrons. The van der Waals surface area contributed by atoms with Gasteiger partial charge in [0.25, 0.3) is 5.56 Å². The van der Waals surface area contributed by atoms with E-state index in [2.05, 4.69) is 26.3 Å². The summed E-state index contributed by atoms with van der Waals surface area (Å²) in [5, 5.41) is 6.18. The average molecular weight is 310 g/mol. The number of benzene rings is 1. The van der Waals surface area contributed by atoms with Crippen LogP contribution >= 0.6 is 15.9 Å². The highest BCUT2D eigenvalue weighted by molar-refractivity contribution is 9.10. The van der Waals surface area contributed by atoms with Crippen molar-refractivity contribution in [1.82, 2.24) is 15.1 Å². The van der Waals surface area contributed by atoms with E-state index in [1.54, 1.807) is 4.68 Å². The second kappa shape index (κ2) is 5.54. The SMILES string of the molecule is CNCCc1c(C)[nH]n(-c2ccc(Br)cc2)c1=O. The number of rotatable bonds is 4. The van der Waals surface area contributed by atoms with Crippen LogP contribution in [0.4, 0.5) is 0 Å². The average Bonchev–Trinajstić information content (AvgIpc) is 2.64. The molecule has 0 amide bonds. The van der Waals surface area contributed by atoms with Gasteiger partial charge in [-0.2, -0.15) is 0 Å². The maximum absolute atomic E-state index is 12.3. The molecule has 0 spiro atoms. The molecule has 0 aliphatic heterocycles. The molecule has 0 saturated carbocycles. The van der Waals surface area contributed by atoms with Crippen LogP contribution in [0.5, 0.6) is 0 Å². The summed E-state index contributed by atoms with van der Waals surface area (Å²) in [4.78, 5) is 12.3. The first kappa shape index (κ1) is 13.1. The Labute approximate surface area is 114 Å². The normalized spacial score (nSPS) is 10.8. The number of aromatic amines is 1. The third kappa shape index (κ3) is 2.57. The molecule has 2 rings (SSSR count). The molecule has 2 N–H and O–H groups in total. The Morgan fingerprint density at radius 3 is 2.61 bits per heavy atom. The zero-order valence-corrected chi connectivity index (χ0v) is 12.0. The van der Waals surface area contributed by atoms with Crippen molar-refractivity contribution in [3.63, 3.8) is 0 Å². The van der Waals surface area contributed by atoms with Crippen molar-refractivity contribution in [3.05, 3.63) is 50.3 Å². The molecule has 5 heteroatoms. The summed E-state index contributed by atoms with van der Waals surface area (Å²) >= 11 is 3.38. The molecule has 0 bridgehead atoms. The van der Waals surface area contributed by atoms with Crippen LogP contribution in [-0.2, 0) is 6.42 Å². The van der Waals surface area contributed by atoms with E-state index >= 15 is 0 Å². The van der Waals surface area contributed by atoms with Gasteiger partial charge in [0.05, 0.1) is 5.69 Å². The number of nitrogens with one attached hydrogen (secondary N) is 2. The minimum absolute atomic E-state index is 0.0325. The van der Waals surface area contributed by atoms with Crippen molar-refractivity contribution < 1.29 is 0 Å². The topological polar surface area (TPSA) is 49.8 Å². The summed E-state index contributed by atoms with van der Waals surface area (Å²) in [5.41, 5.74) is 2.65. The number of H-pyrrole nitrogens is 1. The van der Waals surface area contributed by atoms with Crippen molar-refractivity contribution in [1.29, 1.82) is 0 Å². The fourth-order valence-corrected chi connectivity index (χ4v) is 2.16. The first-order valence-electron chi connectivity index (χ1n) is 5.84. The summed E-state index contributed by atoms with van der Waals surface area (Å²) in [6.07, 6.45) is 0.737. The van der Waals surface area contributed by atoms with E-state index in [9.17, 15) is 4.79 Å². The number of halogens is 1. The second-order valence-corrected chi connectivity index (χ2v) is 5.10. The van der Waals surface area contributed by atoms with Crippen molar-refractivity contribution >= 4 is 15.9 Å². The lowest BCUT2D eigenvalue weighted by atomic mass is 10.2. The molecular formula is C13H16BrN3O. The largest absolute Gasteiger partial charge is 0.319 e. The minimum atomic E-state index is 0.0325. The van der Waals surface area contributed by atoms with Crippen LogP contribution in [0.3, 0.4) is 0 Å². The zero-order chi connectivity index (χ0) is 13.1. The number of aryl methyl sites for hydroxylation is 1. The number of hydrogen-bond donors (Lipinski definition) is 2. The molecule has 0 aliphatic carbocycles. The Morgan fingerprint density at radius 2 is 2.00 bits per heavy atom. The standard InChI is InChI=1S/C13H16BrN3O/c1-9-12(7-8-15-2)13(18)17(16-9)11-5-3-10(14)4-6-11/h3-6,15-16H,7-8H2,1-2H3. The third-order valence-corrected chi connectivity index (χ3v) is 3.43. The van der Waals surface area contributed by atoms with Crippen LogP contribution in [-0.4, -0.2) is 23.4 Å². The third-order valence-electron chi connectivity index (χ3n) is 2.90. The maximum atomic E-state index is 12.3. The lowest BCUT2D eigenvalue weighted by Gasteiger charge is -2.01. The maximum Gasteiger partial charge on any atom is 0.274 e. The summed E-state index contributed by atoms with van der Waals surface area (Å²) in [7, 11) is 1.88. The smallest absolute Gasteiger partial charge is 0.274 e. The van der Waals surface area contributed by atoms with Gasteiger partial charge in [0, 0.05) is 15.7 Å². The van der Waals surface area contributed by atoms with Crippen molar-refractivity contribution in [2.75, 3.05) is 13.6 Å². The van der Waals surface area contributed by atoms with E-state index in [1.165, 1.54) is 0 Å². The van der Waals surface area contributed by atoms with Gasteiger partial charge in [0.15, 0.2) is 0 Å². The molecule has 2 aromatic rings. The molecular weight excluding hydrogens is 294 g/mol. The Hall–Kier alpha value is -1.33. The molecule has 0 fully saturated rings. The zero-order valence-electron chi connectivity index (χ0n) is 10.5. The van der Waals surface area contributed by atoms with E-state index in [0.717, 1.165) is 34.4 Å². The number of hydrogen-bond acceptors (Lipinski definition) is 2. The first-order valence-corrected chi connectivity index (χ1v) is 6.64. The highest BCUT2D eigenvalue weighted by Gasteiger charge is 2.11. The Balaban J connectivity index is 2.40. The molecule has 0 unspecified atom stereocenters. The molecule has 18 heavy (non-hydrogen) atoms. The predicted octanol–water partition coefficient (Wildman–Crippen LogP) is 2.00. The lowest BCUT2D eigenvalue weighted by molar-refractivity contribution is 0.783. The van der Waals surface area contributed by atoms with E-state index in [4.69, 9.17) is 0 Å². The molecule has 1 aromatic heterocycles. The van der Waals surface area contributed by atoms with Crippen LogP contribution in [0.2, 0.25) is 0 Å². The van der Waals surface area contributed by atoms with Gasteiger partial charge in [0.2, 0.25) is 0 Å². The van der Waals surface area contributed by atoms with Gasteiger partial charge in [-0.1, -0.05) is 15.9 Å². The summed E-state index contributed by atoms with van der Waals surface area (Å²) in [6.45, 7) is 2.73. The first-order chi connectivity index (χ1) is 8.63. The predicted molar refractivity (Wildman–Crippen MR) is 76.5 cm³/mol. The summed E-state index contributed by atoms with van der Waals surface area (Å²) < 4.78 is 2.59. The lowest BCUT2D eigenvalue weighted by Crippen LogP contribution is -2.20. The number of likely N-dealkylation sites (N-methyl/N-ethyl adjacent to an activating group) is 1. The van der Waals surface area contributed by atoms with Crippen LogP contribution in [0, 0.1) is 6.92 Å². The highest BCUT2D eigenvalue weighted by Crippen LogP contribution is 2.13. The van der Waals surface area contributed by atoms with E-state index < -0.39 is 0 Å². The van der Waals surface area contributed by atoms with Gasteiger partial charge in [-0.25, -0.2) is 4.68 Å². The Kier molecular flexibility index (Phi) is 4.04. The van der Waals surface area contributed by atoms with Crippen molar-refractivity contribution in [3.8, 4) is 5.69 Å². The minimum Gasteiger partial charge on any atom is -0.319 e. The Morgan fingerprint density at radius 1 is 1.33 bits per heavy atom. The van der Waals surface area contributed by atoms with E-state index in [0.29, 0.717) is 0 Å². The van der Waals surface area contributed by atoms with Crippen LogP contribution in [0.25, 0.3) is 5.69 Å². The van der Waals surface area contributed by atoms with E-state index in [1.807, 2.05) is 38.2 Å². The molecule has 4 nitrogen and oxygen atoms in total. The van der Waals surface area contributed by atoms with Gasteiger partial charge in [-0.05, 0) is 51.2 Å². The van der Waals surface area contributed by atoms with Crippen LogP contribution < -0.4 is 10.9 Å². The monoisotopic (exact) mass is 309 g/mol. The second-order valence-electron chi connectivity index (χ2n) is 4.19. The van der Waals surface area contributed by atoms with Gasteiger partial charge in [0.1, 0.15) is 0 Å².